The molecule has 0 fully saturated rings. The number of carbonyl (C=O) groups is 1. The van der Waals surface area contributed by atoms with Crippen molar-refractivity contribution >= 4 is 40.5 Å². The molecule has 1 rings (SSSR count). The summed E-state index contributed by atoms with van der Waals surface area (Å²) in [5, 5.41) is 14.1. The van der Waals surface area contributed by atoms with Gasteiger partial charge >= 0.3 is 5.97 Å². The number of methoxy groups -OCH3 is 1. The second kappa shape index (κ2) is 8.69. The van der Waals surface area contributed by atoms with Gasteiger partial charge in [-0.25, -0.2) is 0 Å². The molecule has 0 atom stereocenters. The molecule has 116 valence electrons. The van der Waals surface area contributed by atoms with Crippen molar-refractivity contribution in [1.82, 2.24) is 0 Å². The Bertz CT molecular complexity index is 500. The Kier molecular flexibility index (Phi) is 7.25. The van der Waals surface area contributed by atoms with Crippen molar-refractivity contribution in [3.05, 3.63) is 32.3 Å². The summed E-state index contributed by atoms with van der Waals surface area (Å²) in [5.41, 5.74) is 0.338. The molecule has 0 bridgehead atoms. The summed E-state index contributed by atoms with van der Waals surface area (Å²) in [6.07, 6.45) is 2.82. The van der Waals surface area contributed by atoms with Crippen LogP contribution in [0.4, 0.5) is 11.4 Å². The molecule has 0 amide bonds. The van der Waals surface area contributed by atoms with Gasteiger partial charge in [0.05, 0.1) is 27.8 Å². The van der Waals surface area contributed by atoms with Crippen LogP contribution in [0.3, 0.4) is 0 Å². The van der Waals surface area contributed by atoms with Crippen molar-refractivity contribution in [3.8, 4) is 0 Å². The van der Waals surface area contributed by atoms with Crippen LogP contribution in [-0.2, 0) is 9.53 Å². The molecule has 0 aliphatic carbocycles. The van der Waals surface area contributed by atoms with Crippen LogP contribution in [0.1, 0.15) is 25.7 Å². The van der Waals surface area contributed by atoms with Crippen LogP contribution >= 0.6 is 23.2 Å². The minimum Gasteiger partial charge on any atom is -0.469 e. The smallest absolute Gasteiger partial charge is 0.305 e. The number of non-ortho nitro benzene ring substituents is 1. The van der Waals surface area contributed by atoms with Crippen LogP contribution in [0.15, 0.2) is 12.1 Å². The maximum Gasteiger partial charge on any atom is 0.305 e. The summed E-state index contributed by atoms with van der Waals surface area (Å²) in [6.45, 7) is 0.610. The van der Waals surface area contributed by atoms with E-state index in [-0.39, 0.29) is 21.7 Å². The normalized spacial score (nSPS) is 10.2. The van der Waals surface area contributed by atoms with Gasteiger partial charge in [-0.05, 0) is 12.8 Å². The maximum atomic E-state index is 10.9. The first-order valence-electron chi connectivity index (χ1n) is 6.40. The van der Waals surface area contributed by atoms with Gasteiger partial charge in [0, 0.05) is 25.1 Å². The van der Waals surface area contributed by atoms with Gasteiger partial charge in [0.25, 0.3) is 5.69 Å². The predicted molar refractivity (Wildman–Crippen MR) is 82.1 cm³/mol. The van der Waals surface area contributed by atoms with Crippen LogP contribution < -0.4 is 5.32 Å². The number of anilines is 1. The third-order valence-electron chi connectivity index (χ3n) is 2.82. The molecule has 0 radical (unpaired) electrons. The highest BCUT2D eigenvalue weighted by molar-refractivity contribution is 6.39. The Hall–Kier alpha value is -1.53. The van der Waals surface area contributed by atoms with Gasteiger partial charge in [0.2, 0.25) is 0 Å². The molecular formula is C13H16Cl2N2O4. The topological polar surface area (TPSA) is 81.5 Å². The van der Waals surface area contributed by atoms with Gasteiger partial charge in [-0.3, -0.25) is 14.9 Å². The fraction of sp³-hybridized carbons (Fsp3) is 0.462. The fourth-order valence-electron chi connectivity index (χ4n) is 1.72. The number of nitro benzene ring substituents is 1. The quantitative estimate of drug-likeness (QED) is 0.335. The summed E-state index contributed by atoms with van der Waals surface area (Å²) >= 11 is 11.9. The molecule has 0 aliphatic heterocycles. The third kappa shape index (κ3) is 5.77. The first-order valence-corrected chi connectivity index (χ1v) is 7.15. The van der Waals surface area contributed by atoms with Crippen molar-refractivity contribution in [2.45, 2.75) is 25.7 Å². The molecule has 0 saturated heterocycles. The van der Waals surface area contributed by atoms with Crippen LogP contribution in [0.25, 0.3) is 0 Å². The molecule has 0 saturated carbocycles. The zero-order valence-corrected chi connectivity index (χ0v) is 13.0. The molecule has 1 aromatic rings. The summed E-state index contributed by atoms with van der Waals surface area (Å²) < 4.78 is 4.54. The summed E-state index contributed by atoms with van der Waals surface area (Å²) in [6, 6.07) is 2.51. The molecular weight excluding hydrogens is 319 g/mol. The van der Waals surface area contributed by atoms with Gasteiger partial charge in [-0.1, -0.05) is 29.6 Å². The highest BCUT2D eigenvalue weighted by Crippen LogP contribution is 2.34. The molecule has 21 heavy (non-hydrogen) atoms. The lowest BCUT2D eigenvalue weighted by Crippen LogP contribution is -2.04. The SMILES string of the molecule is COC(=O)CCCCCNc1c(Cl)cc([N+](=O)[O-])cc1Cl. The number of hydrogen-bond acceptors (Lipinski definition) is 5. The highest BCUT2D eigenvalue weighted by Gasteiger charge is 2.14. The predicted octanol–water partition coefficient (Wildman–Crippen LogP) is 4.05. The maximum absolute atomic E-state index is 10.9. The zero-order chi connectivity index (χ0) is 15.8. The van der Waals surface area contributed by atoms with E-state index in [0.29, 0.717) is 18.7 Å². The second-order valence-corrected chi connectivity index (χ2v) is 5.17. The molecule has 0 spiro atoms. The molecule has 0 aliphatic rings. The Morgan fingerprint density at radius 1 is 1.29 bits per heavy atom. The minimum atomic E-state index is -0.547. The lowest BCUT2D eigenvalue weighted by atomic mass is 10.2. The number of nitrogens with zero attached hydrogens (tertiary/aromatic N) is 1. The van der Waals surface area contributed by atoms with Crippen molar-refractivity contribution in [2.24, 2.45) is 0 Å². The number of nitrogens with one attached hydrogen (secondary N) is 1. The average molecular weight is 335 g/mol. The van der Waals surface area contributed by atoms with Gasteiger partial charge in [-0.2, -0.15) is 0 Å². The van der Waals surface area contributed by atoms with Crippen LogP contribution in [0.2, 0.25) is 10.0 Å². The number of carbonyl (C=O) groups excluding carboxylic acids is 1. The monoisotopic (exact) mass is 334 g/mol. The lowest BCUT2D eigenvalue weighted by molar-refractivity contribution is -0.384. The number of rotatable bonds is 8. The molecule has 8 heteroatoms. The van der Waals surface area contributed by atoms with E-state index in [1.165, 1.54) is 19.2 Å². The summed E-state index contributed by atoms with van der Waals surface area (Å²) in [7, 11) is 1.36. The second-order valence-electron chi connectivity index (χ2n) is 4.36. The molecule has 0 heterocycles. The number of esters is 1. The number of ether oxygens (including phenoxy) is 1. The van der Waals surface area contributed by atoms with Crippen molar-refractivity contribution in [1.29, 1.82) is 0 Å². The van der Waals surface area contributed by atoms with Crippen LogP contribution in [0, 0.1) is 10.1 Å². The number of nitro groups is 1. The van der Waals surface area contributed by atoms with Crippen molar-refractivity contribution < 1.29 is 14.5 Å². The van der Waals surface area contributed by atoms with Crippen LogP contribution in [-0.4, -0.2) is 24.5 Å². The molecule has 6 nitrogen and oxygen atoms in total. The van der Waals surface area contributed by atoms with Crippen molar-refractivity contribution in [3.63, 3.8) is 0 Å². The van der Waals surface area contributed by atoms with Gasteiger partial charge in [0.1, 0.15) is 0 Å². The van der Waals surface area contributed by atoms with E-state index in [0.717, 1.165) is 19.3 Å². The number of benzene rings is 1. The fourth-order valence-corrected chi connectivity index (χ4v) is 2.33. The van der Waals surface area contributed by atoms with E-state index in [4.69, 9.17) is 23.2 Å². The average Bonchev–Trinajstić information content (AvgIpc) is 2.44. The van der Waals surface area contributed by atoms with E-state index >= 15 is 0 Å². The van der Waals surface area contributed by atoms with Gasteiger partial charge in [-0.15, -0.1) is 0 Å². The molecule has 0 aromatic heterocycles. The van der Waals surface area contributed by atoms with Gasteiger partial charge < -0.3 is 10.1 Å². The zero-order valence-electron chi connectivity index (χ0n) is 11.5. The largest absolute Gasteiger partial charge is 0.469 e. The van der Waals surface area contributed by atoms with E-state index in [1.54, 1.807) is 0 Å². The standard InChI is InChI=1S/C13H16Cl2N2O4/c1-21-12(18)5-3-2-4-6-16-13-10(14)7-9(17(19)20)8-11(13)15/h7-8,16H,2-6H2,1H3. The van der Waals surface area contributed by atoms with E-state index < -0.39 is 4.92 Å². The Morgan fingerprint density at radius 3 is 2.43 bits per heavy atom. The van der Waals surface area contributed by atoms with Crippen LogP contribution in [0.5, 0.6) is 0 Å². The Balaban J connectivity index is 2.42. The Morgan fingerprint density at radius 2 is 1.90 bits per heavy atom. The van der Waals surface area contributed by atoms with E-state index in [9.17, 15) is 14.9 Å². The minimum absolute atomic E-state index is 0.145. The van der Waals surface area contributed by atoms with Crippen molar-refractivity contribution in [2.75, 3.05) is 19.0 Å². The number of unbranched alkanes of at least 4 members (excludes halogenated alkanes) is 2. The number of halogens is 2. The highest BCUT2D eigenvalue weighted by atomic mass is 35.5. The molecule has 1 N–H and O–H groups in total. The summed E-state index contributed by atoms with van der Waals surface area (Å²) in [5.74, 6) is -0.218. The Labute approximate surface area is 132 Å². The third-order valence-corrected chi connectivity index (χ3v) is 3.42. The van der Waals surface area contributed by atoms with E-state index in [1.807, 2.05) is 0 Å². The van der Waals surface area contributed by atoms with E-state index in [2.05, 4.69) is 10.1 Å². The molecule has 1 aromatic carbocycles. The first kappa shape index (κ1) is 17.5. The lowest BCUT2D eigenvalue weighted by Gasteiger charge is -2.10. The summed E-state index contributed by atoms with van der Waals surface area (Å²) in [4.78, 5) is 21.0. The van der Waals surface area contributed by atoms with Gasteiger partial charge in [0.15, 0.2) is 0 Å². The first-order chi connectivity index (χ1) is 9.95. The molecule has 0 unspecified atom stereocenters. The number of hydrogen-bond donors (Lipinski definition) is 1.